The van der Waals surface area contributed by atoms with Crippen LogP contribution >= 0.6 is 0 Å². The van der Waals surface area contributed by atoms with Gasteiger partial charge in [-0.25, -0.2) is 8.78 Å². The van der Waals surface area contributed by atoms with Crippen LogP contribution < -0.4 is 5.32 Å². The van der Waals surface area contributed by atoms with Gasteiger partial charge in [0, 0.05) is 12.2 Å². The van der Waals surface area contributed by atoms with Crippen molar-refractivity contribution >= 4 is 11.7 Å². The van der Waals surface area contributed by atoms with Gasteiger partial charge < -0.3 is 10.1 Å². The molecule has 0 heterocycles. The van der Waals surface area contributed by atoms with E-state index in [9.17, 15) is 13.6 Å². The molecule has 0 aromatic heterocycles. The van der Waals surface area contributed by atoms with E-state index in [2.05, 4.69) is 10.1 Å². The van der Waals surface area contributed by atoms with Crippen molar-refractivity contribution in [3.05, 3.63) is 29.8 Å². The fourth-order valence-electron chi connectivity index (χ4n) is 1.41. The van der Waals surface area contributed by atoms with Crippen molar-refractivity contribution in [1.82, 2.24) is 0 Å². The Morgan fingerprint density at radius 2 is 2.12 bits per heavy atom. The second-order valence-electron chi connectivity index (χ2n) is 3.64. The summed E-state index contributed by atoms with van der Waals surface area (Å²) in [6, 6.07) is 3.51. The molecule has 0 amide bonds. The molecule has 1 unspecified atom stereocenters. The van der Waals surface area contributed by atoms with Crippen molar-refractivity contribution in [2.45, 2.75) is 13.3 Å². The van der Waals surface area contributed by atoms with E-state index in [1.807, 2.05) is 6.92 Å². The number of hydrogen-bond acceptors (Lipinski definition) is 3. The quantitative estimate of drug-likeness (QED) is 0.808. The van der Waals surface area contributed by atoms with Gasteiger partial charge in [-0.15, -0.1) is 0 Å². The van der Waals surface area contributed by atoms with Gasteiger partial charge in [0.25, 0.3) is 0 Å². The Kier molecular flexibility index (Phi) is 4.87. The van der Waals surface area contributed by atoms with Gasteiger partial charge in [-0.3, -0.25) is 4.79 Å². The first-order valence-electron chi connectivity index (χ1n) is 5.35. The molecule has 0 saturated heterocycles. The number of anilines is 1. The zero-order chi connectivity index (χ0) is 12.8. The van der Waals surface area contributed by atoms with Crippen LogP contribution in [0.25, 0.3) is 0 Å². The fraction of sp³-hybridized carbons (Fsp3) is 0.417. The van der Waals surface area contributed by atoms with Gasteiger partial charge in [0.2, 0.25) is 0 Å². The van der Waals surface area contributed by atoms with E-state index in [1.165, 1.54) is 13.2 Å². The van der Waals surface area contributed by atoms with Crippen molar-refractivity contribution in [2.75, 3.05) is 19.0 Å². The molecule has 0 radical (unpaired) electrons. The van der Waals surface area contributed by atoms with E-state index < -0.39 is 11.6 Å². The van der Waals surface area contributed by atoms with Crippen LogP contribution in [0.15, 0.2) is 18.2 Å². The maximum atomic E-state index is 12.9. The Bertz CT molecular complexity index is 396. The van der Waals surface area contributed by atoms with Gasteiger partial charge in [0.1, 0.15) is 0 Å². The second kappa shape index (κ2) is 6.18. The Morgan fingerprint density at radius 3 is 2.65 bits per heavy atom. The number of carbonyl (C=O) groups is 1. The average molecular weight is 243 g/mol. The molecule has 17 heavy (non-hydrogen) atoms. The predicted octanol–water partition coefficient (Wildman–Crippen LogP) is 2.58. The molecular formula is C12H15F2NO2. The number of methoxy groups -OCH3 is 1. The molecule has 0 spiro atoms. The van der Waals surface area contributed by atoms with Crippen LogP contribution in [0.3, 0.4) is 0 Å². The van der Waals surface area contributed by atoms with Gasteiger partial charge in [0.15, 0.2) is 11.6 Å². The van der Waals surface area contributed by atoms with E-state index in [4.69, 9.17) is 0 Å². The van der Waals surface area contributed by atoms with Crippen LogP contribution in [0, 0.1) is 17.6 Å². The minimum Gasteiger partial charge on any atom is -0.469 e. The molecule has 1 aromatic carbocycles. The molecule has 3 nitrogen and oxygen atoms in total. The van der Waals surface area contributed by atoms with Crippen LogP contribution in [0.2, 0.25) is 0 Å². The summed E-state index contributed by atoms with van der Waals surface area (Å²) in [5, 5.41) is 2.87. The normalized spacial score (nSPS) is 12.0. The highest BCUT2D eigenvalue weighted by Crippen LogP contribution is 2.14. The van der Waals surface area contributed by atoms with Gasteiger partial charge in [0.05, 0.1) is 13.0 Å². The first kappa shape index (κ1) is 13.4. The van der Waals surface area contributed by atoms with E-state index in [1.54, 1.807) is 0 Å². The highest BCUT2D eigenvalue weighted by Gasteiger charge is 2.16. The Labute approximate surface area is 98.8 Å². The molecule has 1 atom stereocenters. The molecule has 0 bridgehead atoms. The largest absolute Gasteiger partial charge is 0.469 e. The summed E-state index contributed by atoms with van der Waals surface area (Å²) in [6.45, 7) is 2.18. The summed E-state index contributed by atoms with van der Waals surface area (Å²) in [7, 11) is 1.32. The maximum Gasteiger partial charge on any atom is 0.310 e. The van der Waals surface area contributed by atoms with Crippen molar-refractivity contribution in [3.8, 4) is 0 Å². The summed E-state index contributed by atoms with van der Waals surface area (Å²) in [5.41, 5.74) is 0.436. The lowest BCUT2D eigenvalue weighted by molar-refractivity contribution is -0.145. The highest BCUT2D eigenvalue weighted by molar-refractivity contribution is 5.73. The van der Waals surface area contributed by atoms with Gasteiger partial charge in [-0.05, 0) is 24.6 Å². The van der Waals surface area contributed by atoms with Crippen molar-refractivity contribution in [2.24, 2.45) is 5.92 Å². The molecular weight excluding hydrogens is 228 g/mol. The molecule has 0 fully saturated rings. The van der Waals surface area contributed by atoms with Crippen molar-refractivity contribution in [1.29, 1.82) is 0 Å². The van der Waals surface area contributed by atoms with Gasteiger partial charge >= 0.3 is 5.97 Å². The topological polar surface area (TPSA) is 38.3 Å². The first-order valence-corrected chi connectivity index (χ1v) is 5.35. The molecule has 0 aliphatic rings. The number of esters is 1. The number of carbonyl (C=O) groups excluding carboxylic acids is 1. The lowest BCUT2D eigenvalue weighted by Crippen LogP contribution is -2.23. The number of halogens is 2. The highest BCUT2D eigenvalue weighted by atomic mass is 19.2. The maximum absolute atomic E-state index is 12.9. The van der Waals surface area contributed by atoms with Crippen LogP contribution in [0.4, 0.5) is 14.5 Å². The van der Waals surface area contributed by atoms with Crippen LogP contribution in [0.5, 0.6) is 0 Å². The molecule has 0 aliphatic heterocycles. The molecule has 5 heteroatoms. The SMILES string of the molecule is CCC(CNc1ccc(F)c(F)c1)C(=O)OC. The number of hydrogen-bond donors (Lipinski definition) is 1. The Hall–Kier alpha value is -1.65. The summed E-state index contributed by atoms with van der Waals surface area (Å²) < 4.78 is 30.2. The summed E-state index contributed by atoms with van der Waals surface area (Å²) in [4.78, 5) is 11.3. The van der Waals surface area contributed by atoms with Gasteiger partial charge in [-0.2, -0.15) is 0 Å². The third kappa shape index (κ3) is 3.69. The number of ether oxygens (including phenoxy) is 1. The fourth-order valence-corrected chi connectivity index (χ4v) is 1.41. The predicted molar refractivity (Wildman–Crippen MR) is 60.6 cm³/mol. The third-order valence-corrected chi connectivity index (χ3v) is 2.50. The van der Waals surface area contributed by atoms with E-state index >= 15 is 0 Å². The molecule has 1 rings (SSSR count). The monoisotopic (exact) mass is 243 g/mol. The van der Waals surface area contributed by atoms with E-state index in [0.717, 1.165) is 12.1 Å². The minimum absolute atomic E-state index is 0.298. The lowest BCUT2D eigenvalue weighted by Gasteiger charge is -2.14. The van der Waals surface area contributed by atoms with E-state index in [-0.39, 0.29) is 11.9 Å². The lowest BCUT2D eigenvalue weighted by atomic mass is 10.1. The van der Waals surface area contributed by atoms with Crippen LogP contribution in [-0.2, 0) is 9.53 Å². The number of rotatable bonds is 5. The third-order valence-electron chi connectivity index (χ3n) is 2.50. The smallest absolute Gasteiger partial charge is 0.310 e. The second-order valence-corrected chi connectivity index (χ2v) is 3.64. The zero-order valence-electron chi connectivity index (χ0n) is 9.80. The Morgan fingerprint density at radius 1 is 1.41 bits per heavy atom. The summed E-state index contributed by atoms with van der Waals surface area (Å²) in [6.07, 6.45) is 0.614. The van der Waals surface area contributed by atoms with Crippen LogP contribution in [-0.4, -0.2) is 19.6 Å². The molecule has 1 aromatic rings. The first-order chi connectivity index (χ1) is 8.08. The molecule has 1 N–H and O–H groups in total. The summed E-state index contributed by atoms with van der Waals surface area (Å²) in [5.74, 6) is -2.42. The molecule has 94 valence electrons. The number of nitrogens with one attached hydrogen (secondary N) is 1. The van der Waals surface area contributed by atoms with Gasteiger partial charge in [-0.1, -0.05) is 6.92 Å². The van der Waals surface area contributed by atoms with Crippen LogP contribution in [0.1, 0.15) is 13.3 Å². The molecule has 0 saturated carbocycles. The van der Waals surface area contributed by atoms with Crippen molar-refractivity contribution in [3.63, 3.8) is 0 Å². The van der Waals surface area contributed by atoms with E-state index in [0.29, 0.717) is 18.7 Å². The van der Waals surface area contributed by atoms with Crippen molar-refractivity contribution < 1.29 is 18.3 Å². The Balaban J connectivity index is 2.59. The summed E-state index contributed by atoms with van der Waals surface area (Å²) >= 11 is 0. The molecule has 0 aliphatic carbocycles. The average Bonchev–Trinajstić information content (AvgIpc) is 2.33. The number of benzene rings is 1. The standard InChI is InChI=1S/C12H15F2NO2/c1-3-8(12(16)17-2)7-15-9-4-5-10(13)11(14)6-9/h4-6,8,15H,3,7H2,1-2H3. The minimum atomic E-state index is -0.916. The zero-order valence-corrected chi connectivity index (χ0v) is 9.80.